The number of benzene rings is 1. The van der Waals surface area contributed by atoms with E-state index in [2.05, 4.69) is 17.6 Å². The van der Waals surface area contributed by atoms with Crippen molar-refractivity contribution in [3.05, 3.63) is 24.3 Å². The van der Waals surface area contributed by atoms with Crippen LogP contribution in [0.1, 0.15) is 26.2 Å². The van der Waals surface area contributed by atoms with E-state index in [9.17, 15) is 4.79 Å². The molecular formula is C16H24N2O2S. The zero-order valence-corrected chi connectivity index (χ0v) is 13.4. The Kier molecular flexibility index (Phi) is 6.89. The Morgan fingerprint density at radius 1 is 1.33 bits per heavy atom. The molecule has 1 amide bonds. The molecule has 0 bridgehead atoms. The van der Waals surface area contributed by atoms with Gasteiger partial charge < -0.3 is 15.4 Å². The molecule has 4 nitrogen and oxygen atoms in total. The summed E-state index contributed by atoms with van der Waals surface area (Å²) in [5.41, 5.74) is 0.828. The molecule has 0 aliphatic carbocycles. The van der Waals surface area contributed by atoms with Crippen LogP contribution >= 0.6 is 11.8 Å². The van der Waals surface area contributed by atoms with Crippen molar-refractivity contribution < 1.29 is 9.53 Å². The molecular weight excluding hydrogens is 284 g/mol. The second kappa shape index (κ2) is 8.95. The Morgan fingerprint density at radius 2 is 2.05 bits per heavy atom. The largest absolute Gasteiger partial charge is 0.494 e. The SMILES string of the molecule is CCCOc1ccc(NC(=O)CSC2CCNCC2)cc1. The number of thioether (sulfide) groups is 1. The van der Waals surface area contributed by atoms with E-state index >= 15 is 0 Å². The molecule has 0 spiro atoms. The number of carbonyl (C=O) groups is 1. The normalized spacial score (nSPS) is 15.7. The second-order valence-electron chi connectivity index (χ2n) is 5.18. The van der Waals surface area contributed by atoms with Gasteiger partial charge >= 0.3 is 0 Å². The highest BCUT2D eigenvalue weighted by atomic mass is 32.2. The lowest BCUT2D eigenvalue weighted by Gasteiger charge is -2.21. The van der Waals surface area contributed by atoms with E-state index in [1.54, 1.807) is 11.8 Å². The van der Waals surface area contributed by atoms with Crippen molar-refractivity contribution in [1.82, 2.24) is 5.32 Å². The molecule has 1 aliphatic heterocycles. The topological polar surface area (TPSA) is 50.4 Å². The van der Waals surface area contributed by atoms with E-state index in [0.29, 0.717) is 11.0 Å². The van der Waals surface area contributed by atoms with Crippen LogP contribution in [-0.2, 0) is 4.79 Å². The summed E-state index contributed by atoms with van der Waals surface area (Å²) in [4.78, 5) is 11.9. The van der Waals surface area contributed by atoms with E-state index in [0.717, 1.165) is 50.4 Å². The summed E-state index contributed by atoms with van der Waals surface area (Å²) in [7, 11) is 0. The standard InChI is InChI=1S/C16H24N2O2S/c1-2-11-20-14-5-3-13(4-6-14)18-16(19)12-21-15-7-9-17-10-8-15/h3-6,15,17H,2,7-12H2,1H3,(H,18,19). The molecule has 0 aromatic heterocycles. The van der Waals surface area contributed by atoms with Crippen molar-refractivity contribution in [2.45, 2.75) is 31.4 Å². The maximum Gasteiger partial charge on any atom is 0.234 e. The predicted octanol–water partition coefficient (Wildman–Crippen LogP) is 2.90. The van der Waals surface area contributed by atoms with E-state index in [1.807, 2.05) is 24.3 Å². The lowest BCUT2D eigenvalue weighted by molar-refractivity contribution is -0.113. The summed E-state index contributed by atoms with van der Waals surface area (Å²) in [6, 6.07) is 7.56. The molecule has 2 rings (SSSR count). The molecule has 1 saturated heterocycles. The van der Waals surface area contributed by atoms with Crippen LogP contribution in [0.2, 0.25) is 0 Å². The molecule has 1 fully saturated rings. The molecule has 0 unspecified atom stereocenters. The molecule has 1 aliphatic rings. The number of hydrogen-bond acceptors (Lipinski definition) is 4. The second-order valence-corrected chi connectivity index (χ2v) is 6.47. The quantitative estimate of drug-likeness (QED) is 0.813. The zero-order valence-electron chi connectivity index (χ0n) is 12.6. The minimum Gasteiger partial charge on any atom is -0.494 e. The van der Waals surface area contributed by atoms with E-state index in [4.69, 9.17) is 4.74 Å². The number of amides is 1. The van der Waals surface area contributed by atoms with Crippen LogP contribution in [0.15, 0.2) is 24.3 Å². The molecule has 2 N–H and O–H groups in total. The van der Waals surface area contributed by atoms with Gasteiger partial charge in [0.15, 0.2) is 0 Å². The average Bonchev–Trinajstić information content (AvgIpc) is 2.53. The fraction of sp³-hybridized carbons (Fsp3) is 0.562. The summed E-state index contributed by atoms with van der Waals surface area (Å²) in [6.07, 6.45) is 3.30. The summed E-state index contributed by atoms with van der Waals surface area (Å²) >= 11 is 1.76. The van der Waals surface area contributed by atoms with Crippen molar-refractivity contribution in [2.24, 2.45) is 0 Å². The Labute approximate surface area is 131 Å². The number of piperidine rings is 1. The van der Waals surface area contributed by atoms with E-state index in [1.165, 1.54) is 0 Å². The molecule has 0 saturated carbocycles. The maximum absolute atomic E-state index is 11.9. The summed E-state index contributed by atoms with van der Waals surface area (Å²) in [6.45, 7) is 4.93. The maximum atomic E-state index is 11.9. The van der Waals surface area contributed by atoms with Crippen molar-refractivity contribution in [2.75, 3.05) is 30.8 Å². The molecule has 1 aromatic rings. The lowest BCUT2D eigenvalue weighted by atomic mass is 10.2. The van der Waals surface area contributed by atoms with Crippen molar-refractivity contribution in [1.29, 1.82) is 0 Å². The Bertz CT molecular complexity index is 430. The van der Waals surface area contributed by atoms with Gasteiger partial charge in [0, 0.05) is 10.9 Å². The number of hydrogen-bond donors (Lipinski definition) is 2. The van der Waals surface area contributed by atoms with E-state index in [-0.39, 0.29) is 5.91 Å². The van der Waals surface area contributed by atoms with Gasteiger partial charge in [-0.2, -0.15) is 0 Å². The summed E-state index contributed by atoms with van der Waals surface area (Å²) in [5, 5.41) is 6.88. The molecule has 0 radical (unpaired) electrons. The molecule has 116 valence electrons. The fourth-order valence-electron chi connectivity index (χ4n) is 2.21. The van der Waals surface area contributed by atoms with Gasteiger partial charge in [0.2, 0.25) is 5.91 Å². The number of nitrogens with one attached hydrogen (secondary N) is 2. The smallest absolute Gasteiger partial charge is 0.234 e. The van der Waals surface area contributed by atoms with E-state index < -0.39 is 0 Å². The van der Waals surface area contributed by atoms with Gasteiger partial charge in [-0.1, -0.05) is 6.92 Å². The lowest BCUT2D eigenvalue weighted by Crippen LogP contribution is -2.30. The Balaban J connectivity index is 1.71. The average molecular weight is 308 g/mol. The van der Waals surface area contributed by atoms with Crippen molar-refractivity contribution in [3.63, 3.8) is 0 Å². The molecule has 5 heteroatoms. The molecule has 1 aromatic carbocycles. The van der Waals surface area contributed by atoms with Crippen LogP contribution < -0.4 is 15.4 Å². The van der Waals surface area contributed by atoms with Crippen LogP contribution in [-0.4, -0.2) is 36.6 Å². The van der Waals surface area contributed by atoms with Crippen LogP contribution in [0, 0.1) is 0 Å². The first kappa shape index (κ1) is 16.2. The van der Waals surface area contributed by atoms with Gasteiger partial charge in [0.25, 0.3) is 0 Å². The molecule has 21 heavy (non-hydrogen) atoms. The highest BCUT2D eigenvalue weighted by molar-refractivity contribution is 8.00. The highest BCUT2D eigenvalue weighted by Crippen LogP contribution is 2.21. The Morgan fingerprint density at radius 3 is 2.71 bits per heavy atom. The predicted molar refractivity (Wildman–Crippen MR) is 89.2 cm³/mol. The molecule has 1 heterocycles. The summed E-state index contributed by atoms with van der Waals surface area (Å²) < 4.78 is 5.52. The first-order chi connectivity index (χ1) is 10.3. The van der Waals surface area contributed by atoms with Gasteiger partial charge in [-0.15, -0.1) is 11.8 Å². The minimum absolute atomic E-state index is 0.0701. The fourth-order valence-corrected chi connectivity index (χ4v) is 3.24. The van der Waals surface area contributed by atoms with Crippen LogP contribution in [0.3, 0.4) is 0 Å². The zero-order chi connectivity index (χ0) is 14.9. The van der Waals surface area contributed by atoms with Gasteiger partial charge in [0.05, 0.1) is 12.4 Å². The monoisotopic (exact) mass is 308 g/mol. The van der Waals surface area contributed by atoms with Gasteiger partial charge in [-0.3, -0.25) is 4.79 Å². The third kappa shape index (κ3) is 5.98. The van der Waals surface area contributed by atoms with Crippen LogP contribution in [0.5, 0.6) is 5.75 Å². The highest BCUT2D eigenvalue weighted by Gasteiger charge is 2.14. The third-order valence-electron chi connectivity index (χ3n) is 3.35. The number of rotatable bonds is 7. The van der Waals surface area contributed by atoms with Crippen LogP contribution in [0.25, 0.3) is 0 Å². The number of carbonyl (C=O) groups excluding carboxylic acids is 1. The molecule has 0 atom stereocenters. The third-order valence-corrected chi connectivity index (χ3v) is 4.72. The van der Waals surface area contributed by atoms with Crippen molar-refractivity contribution in [3.8, 4) is 5.75 Å². The summed E-state index contributed by atoms with van der Waals surface area (Å²) in [5.74, 6) is 1.44. The van der Waals surface area contributed by atoms with Gasteiger partial charge in [-0.05, 0) is 56.6 Å². The van der Waals surface area contributed by atoms with Crippen molar-refractivity contribution >= 4 is 23.4 Å². The number of ether oxygens (including phenoxy) is 1. The Hall–Kier alpha value is -1.20. The number of anilines is 1. The first-order valence-electron chi connectivity index (χ1n) is 7.63. The van der Waals surface area contributed by atoms with Crippen LogP contribution in [0.4, 0.5) is 5.69 Å². The van der Waals surface area contributed by atoms with Gasteiger partial charge in [-0.25, -0.2) is 0 Å². The first-order valence-corrected chi connectivity index (χ1v) is 8.68. The van der Waals surface area contributed by atoms with Gasteiger partial charge in [0.1, 0.15) is 5.75 Å². The minimum atomic E-state index is 0.0701.